The fourth-order valence-corrected chi connectivity index (χ4v) is 2.90. The van der Waals surface area contributed by atoms with Gasteiger partial charge in [-0.1, -0.05) is 11.6 Å². The van der Waals surface area contributed by atoms with Gasteiger partial charge in [0.05, 0.1) is 5.52 Å². The number of nitrogens with two attached hydrogens (primary N) is 2. The Morgan fingerprint density at radius 3 is 3.00 bits per heavy atom. The average Bonchev–Trinajstić information content (AvgIpc) is 2.38. The van der Waals surface area contributed by atoms with Crippen LogP contribution >= 0.6 is 11.6 Å². The largest absolute Gasteiger partial charge is 0.398 e. The fourth-order valence-electron chi connectivity index (χ4n) is 2.73. The topological polar surface area (TPSA) is 64.9 Å². The van der Waals surface area contributed by atoms with Crippen molar-refractivity contribution in [1.82, 2.24) is 4.98 Å². The molecular weight excluding hydrogens is 246 g/mol. The van der Waals surface area contributed by atoms with Crippen LogP contribution in [0, 0.1) is 5.92 Å². The van der Waals surface area contributed by atoms with E-state index < -0.39 is 0 Å². The highest BCUT2D eigenvalue weighted by atomic mass is 35.5. The van der Waals surface area contributed by atoms with Gasteiger partial charge in [0.1, 0.15) is 0 Å². The molecule has 0 aliphatic heterocycles. The van der Waals surface area contributed by atoms with Gasteiger partial charge in [-0.3, -0.25) is 4.98 Å². The zero-order chi connectivity index (χ0) is 12.7. The zero-order valence-corrected chi connectivity index (χ0v) is 10.9. The van der Waals surface area contributed by atoms with Gasteiger partial charge in [-0.15, -0.1) is 0 Å². The molecule has 0 saturated heterocycles. The zero-order valence-electron chi connectivity index (χ0n) is 10.1. The molecule has 0 fully saturated rings. The lowest BCUT2D eigenvalue weighted by atomic mass is 9.85. The first kappa shape index (κ1) is 11.8. The molecule has 1 aromatic carbocycles. The Morgan fingerprint density at radius 2 is 2.22 bits per heavy atom. The maximum absolute atomic E-state index is 6.26. The molecule has 3 rings (SSSR count). The molecule has 2 aromatic rings. The van der Waals surface area contributed by atoms with Crippen molar-refractivity contribution in [3.05, 3.63) is 34.5 Å². The standard InChI is InChI=1S/C14H16ClN3/c15-9-2-4-11-13(6-9)18-12-5-8(7-16)1-3-10(12)14(11)17/h2,4,6,8H,1,3,5,7,16H2,(H2,17,18)/t8-/m1/s1. The summed E-state index contributed by atoms with van der Waals surface area (Å²) >= 11 is 6.01. The highest BCUT2D eigenvalue weighted by molar-refractivity contribution is 6.31. The number of pyridine rings is 1. The molecule has 4 heteroatoms. The van der Waals surface area contributed by atoms with Crippen LogP contribution in [0.4, 0.5) is 5.69 Å². The molecule has 0 spiro atoms. The maximum Gasteiger partial charge on any atom is 0.0741 e. The lowest BCUT2D eigenvalue weighted by Gasteiger charge is -2.24. The third-order valence-electron chi connectivity index (χ3n) is 3.80. The summed E-state index contributed by atoms with van der Waals surface area (Å²) in [5.41, 5.74) is 16.1. The molecule has 1 aliphatic carbocycles. The van der Waals surface area contributed by atoms with E-state index in [2.05, 4.69) is 0 Å². The molecule has 1 aliphatic rings. The van der Waals surface area contributed by atoms with Crippen LogP contribution in [0.5, 0.6) is 0 Å². The van der Waals surface area contributed by atoms with Crippen molar-refractivity contribution in [3.8, 4) is 0 Å². The first-order valence-corrected chi connectivity index (χ1v) is 6.63. The Hall–Kier alpha value is -1.32. The van der Waals surface area contributed by atoms with Crippen LogP contribution in [0.1, 0.15) is 17.7 Å². The SMILES string of the molecule is NC[C@@H]1CCc2c(nc3cc(Cl)ccc3c2N)C1. The summed E-state index contributed by atoms with van der Waals surface area (Å²) in [5.74, 6) is 0.529. The summed E-state index contributed by atoms with van der Waals surface area (Å²) in [6, 6.07) is 5.69. The van der Waals surface area contributed by atoms with Crippen LogP contribution in [0.3, 0.4) is 0 Å². The van der Waals surface area contributed by atoms with E-state index in [1.54, 1.807) is 0 Å². The lowest BCUT2D eigenvalue weighted by Crippen LogP contribution is -2.23. The van der Waals surface area contributed by atoms with Gasteiger partial charge in [-0.2, -0.15) is 0 Å². The smallest absolute Gasteiger partial charge is 0.0741 e. The predicted molar refractivity (Wildman–Crippen MR) is 75.7 cm³/mol. The number of hydrogen-bond donors (Lipinski definition) is 2. The Balaban J connectivity index is 2.19. The van der Waals surface area contributed by atoms with E-state index in [1.165, 1.54) is 5.56 Å². The van der Waals surface area contributed by atoms with Crippen LogP contribution in [-0.2, 0) is 12.8 Å². The van der Waals surface area contributed by atoms with Crippen molar-refractivity contribution < 1.29 is 0 Å². The van der Waals surface area contributed by atoms with Gasteiger partial charge in [0.2, 0.25) is 0 Å². The molecule has 94 valence electrons. The van der Waals surface area contributed by atoms with Crippen LogP contribution in [0.25, 0.3) is 10.9 Å². The summed E-state index contributed by atoms with van der Waals surface area (Å²) in [6.45, 7) is 0.717. The molecular formula is C14H16ClN3. The molecule has 3 nitrogen and oxygen atoms in total. The highest BCUT2D eigenvalue weighted by Crippen LogP contribution is 2.33. The van der Waals surface area contributed by atoms with Crippen molar-refractivity contribution in [2.24, 2.45) is 11.7 Å². The second kappa shape index (κ2) is 4.41. The van der Waals surface area contributed by atoms with Gasteiger partial charge >= 0.3 is 0 Å². The van der Waals surface area contributed by atoms with Gasteiger partial charge in [-0.05, 0) is 55.5 Å². The Bertz CT molecular complexity index is 610. The maximum atomic E-state index is 6.26. The first-order chi connectivity index (χ1) is 8.69. The number of anilines is 1. The van der Waals surface area contributed by atoms with Crippen molar-refractivity contribution >= 4 is 28.2 Å². The van der Waals surface area contributed by atoms with Crippen LogP contribution < -0.4 is 11.5 Å². The number of benzene rings is 1. The Kier molecular flexibility index (Phi) is 2.88. The summed E-state index contributed by atoms with van der Waals surface area (Å²) in [4.78, 5) is 4.72. The summed E-state index contributed by atoms with van der Waals surface area (Å²) < 4.78 is 0. The minimum atomic E-state index is 0.529. The summed E-state index contributed by atoms with van der Waals surface area (Å²) in [6.07, 6.45) is 3.02. The molecule has 1 aromatic heterocycles. The molecule has 1 atom stereocenters. The van der Waals surface area contributed by atoms with Crippen molar-refractivity contribution in [2.75, 3.05) is 12.3 Å². The van der Waals surface area contributed by atoms with E-state index >= 15 is 0 Å². The van der Waals surface area contributed by atoms with Gasteiger partial charge in [-0.25, -0.2) is 0 Å². The molecule has 0 bridgehead atoms. The second-order valence-corrected chi connectivity index (χ2v) is 5.39. The number of rotatable bonds is 1. The number of aromatic nitrogens is 1. The average molecular weight is 262 g/mol. The minimum absolute atomic E-state index is 0.529. The van der Waals surface area contributed by atoms with Gasteiger partial charge in [0.25, 0.3) is 0 Å². The van der Waals surface area contributed by atoms with E-state index in [1.807, 2.05) is 18.2 Å². The molecule has 0 radical (unpaired) electrons. The van der Waals surface area contributed by atoms with E-state index in [9.17, 15) is 0 Å². The van der Waals surface area contributed by atoms with Crippen LogP contribution in [-0.4, -0.2) is 11.5 Å². The normalized spacial score (nSPS) is 18.9. The Labute approximate surface area is 111 Å². The quantitative estimate of drug-likeness (QED) is 0.829. The molecule has 4 N–H and O–H groups in total. The first-order valence-electron chi connectivity index (χ1n) is 6.25. The number of fused-ring (bicyclic) bond motifs is 2. The number of hydrogen-bond acceptors (Lipinski definition) is 3. The number of nitrogens with zero attached hydrogens (tertiary/aromatic N) is 1. The third kappa shape index (κ3) is 1.84. The molecule has 0 amide bonds. The van der Waals surface area contributed by atoms with Gasteiger partial charge < -0.3 is 11.5 Å². The number of halogens is 1. The van der Waals surface area contributed by atoms with Crippen molar-refractivity contribution in [2.45, 2.75) is 19.3 Å². The molecule has 1 heterocycles. The van der Waals surface area contributed by atoms with E-state index in [-0.39, 0.29) is 0 Å². The highest BCUT2D eigenvalue weighted by Gasteiger charge is 2.22. The monoisotopic (exact) mass is 261 g/mol. The summed E-state index contributed by atoms with van der Waals surface area (Å²) in [7, 11) is 0. The van der Waals surface area contributed by atoms with Crippen LogP contribution in [0.15, 0.2) is 18.2 Å². The second-order valence-electron chi connectivity index (χ2n) is 4.96. The molecule has 0 unspecified atom stereocenters. The molecule has 18 heavy (non-hydrogen) atoms. The summed E-state index contributed by atoms with van der Waals surface area (Å²) in [5, 5.41) is 1.70. The fraction of sp³-hybridized carbons (Fsp3) is 0.357. The van der Waals surface area contributed by atoms with E-state index in [0.29, 0.717) is 17.5 Å². The van der Waals surface area contributed by atoms with Crippen molar-refractivity contribution in [1.29, 1.82) is 0 Å². The molecule has 0 saturated carbocycles. The van der Waals surface area contributed by atoms with E-state index in [0.717, 1.165) is 41.5 Å². The van der Waals surface area contributed by atoms with Gasteiger partial charge in [0.15, 0.2) is 0 Å². The number of nitrogen functional groups attached to an aromatic ring is 1. The van der Waals surface area contributed by atoms with E-state index in [4.69, 9.17) is 28.1 Å². The Morgan fingerprint density at radius 1 is 1.39 bits per heavy atom. The predicted octanol–water partition coefficient (Wildman–Crippen LogP) is 2.53. The minimum Gasteiger partial charge on any atom is -0.398 e. The third-order valence-corrected chi connectivity index (χ3v) is 4.03. The van der Waals surface area contributed by atoms with Crippen molar-refractivity contribution in [3.63, 3.8) is 0 Å². The van der Waals surface area contributed by atoms with Gasteiger partial charge in [0, 0.05) is 21.8 Å². The lowest BCUT2D eigenvalue weighted by molar-refractivity contribution is 0.463. The van der Waals surface area contributed by atoms with Crippen LogP contribution in [0.2, 0.25) is 5.02 Å².